The number of rotatable bonds is 5. The molecule has 0 bridgehead atoms. The lowest BCUT2D eigenvalue weighted by Gasteiger charge is -2.34. The summed E-state index contributed by atoms with van der Waals surface area (Å²) in [6, 6.07) is 7.61. The Balaban J connectivity index is 0.00000169. The van der Waals surface area contributed by atoms with E-state index in [1.165, 1.54) is 0 Å². The maximum absolute atomic E-state index is 6.25. The summed E-state index contributed by atoms with van der Waals surface area (Å²) >= 11 is 1.54. The number of aromatic nitrogens is 3. The number of thiazole rings is 1. The van der Waals surface area contributed by atoms with Crippen molar-refractivity contribution in [2.24, 2.45) is 5.73 Å². The van der Waals surface area contributed by atoms with Crippen LogP contribution in [0.4, 0.5) is 0 Å². The molecule has 0 spiro atoms. The van der Waals surface area contributed by atoms with E-state index in [9.17, 15) is 0 Å². The van der Waals surface area contributed by atoms with E-state index in [1.807, 2.05) is 29.6 Å². The Morgan fingerprint density at radius 2 is 2.12 bits per heavy atom. The third-order valence-electron chi connectivity index (χ3n) is 4.09. The molecule has 6 nitrogen and oxygen atoms in total. The minimum absolute atomic E-state index is 0. The third kappa shape index (κ3) is 3.15. The van der Waals surface area contributed by atoms with Gasteiger partial charge in [-0.15, -0.1) is 23.7 Å². The Kier molecular flexibility index (Phi) is 4.84. The van der Waals surface area contributed by atoms with Crippen molar-refractivity contribution in [2.45, 2.75) is 31.4 Å². The molecule has 126 valence electrons. The molecule has 0 amide bonds. The van der Waals surface area contributed by atoms with E-state index >= 15 is 0 Å². The Labute approximate surface area is 149 Å². The minimum Gasteiger partial charge on any atom is -0.486 e. The molecule has 0 radical (unpaired) electrons. The molecule has 2 aromatic heterocycles. The Morgan fingerprint density at radius 3 is 2.83 bits per heavy atom. The first-order valence-corrected chi connectivity index (χ1v) is 8.41. The lowest BCUT2D eigenvalue weighted by molar-refractivity contribution is 0.229. The summed E-state index contributed by atoms with van der Waals surface area (Å²) < 4.78 is 11.3. The predicted octanol–water partition coefficient (Wildman–Crippen LogP) is 3.53. The smallest absolute Gasteiger partial charge is 0.261 e. The van der Waals surface area contributed by atoms with Crippen LogP contribution in [0.1, 0.15) is 30.8 Å². The van der Waals surface area contributed by atoms with Crippen molar-refractivity contribution in [3.8, 4) is 17.2 Å². The first-order chi connectivity index (χ1) is 11.2. The van der Waals surface area contributed by atoms with Gasteiger partial charge in [0.2, 0.25) is 0 Å². The molecule has 0 saturated heterocycles. The van der Waals surface area contributed by atoms with E-state index in [1.54, 1.807) is 16.8 Å². The fraction of sp³-hybridized carbons (Fsp3) is 0.312. The quantitative estimate of drug-likeness (QED) is 0.745. The third-order valence-corrected chi connectivity index (χ3v) is 4.73. The highest BCUT2D eigenvalue weighted by Crippen LogP contribution is 2.38. The second-order valence-corrected chi connectivity index (χ2v) is 6.42. The molecule has 24 heavy (non-hydrogen) atoms. The molecule has 2 heterocycles. The minimum atomic E-state index is -0.432. The largest absolute Gasteiger partial charge is 0.486 e. The second kappa shape index (κ2) is 6.88. The lowest BCUT2D eigenvalue weighted by Crippen LogP contribution is -2.44. The highest BCUT2D eigenvalue weighted by molar-refractivity contribution is 7.07. The molecule has 8 heteroatoms. The van der Waals surface area contributed by atoms with Gasteiger partial charge in [0.05, 0.1) is 22.3 Å². The SMILES string of the molecule is Cl.NC1(c2noc(-c3ccccc3OCc3cscn3)n2)CCC1. The summed E-state index contributed by atoms with van der Waals surface area (Å²) in [7, 11) is 0. The predicted molar refractivity (Wildman–Crippen MR) is 93.1 cm³/mol. The van der Waals surface area contributed by atoms with Gasteiger partial charge in [-0.1, -0.05) is 17.3 Å². The van der Waals surface area contributed by atoms with Crippen molar-refractivity contribution >= 4 is 23.7 Å². The molecule has 0 atom stereocenters. The van der Waals surface area contributed by atoms with E-state index in [-0.39, 0.29) is 12.4 Å². The average molecular weight is 365 g/mol. The molecule has 1 saturated carbocycles. The standard InChI is InChI=1S/C16H16N4O2S.ClH/c17-16(6-3-7-16)15-19-14(22-20-15)12-4-1-2-5-13(12)21-8-11-9-23-10-18-11;/h1-2,4-5,9-10H,3,6-8,17H2;1H. The highest BCUT2D eigenvalue weighted by Gasteiger charge is 2.39. The van der Waals surface area contributed by atoms with Crippen LogP contribution >= 0.6 is 23.7 Å². The number of hydrogen-bond acceptors (Lipinski definition) is 7. The van der Waals surface area contributed by atoms with Gasteiger partial charge in [0.25, 0.3) is 5.89 Å². The molecule has 0 unspecified atom stereocenters. The fourth-order valence-electron chi connectivity index (χ4n) is 2.55. The van der Waals surface area contributed by atoms with Crippen LogP contribution in [0.15, 0.2) is 39.7 Å². The van der Waals surface area contributed by atoms with Crippen LogP contribution in [0, 0.1) is 0 Å². The fourth-order valence-corrected chi connectivity index (χ4v) is 3.09. The Morgan fingerprint density at radius 1 is 1.29 bits per heavy atom. The van der Waals surface area contributed by atoms with Crippen molar-refractivity contribution in [2.75, 3.05) is 0 Å². The lowest BCUT2D eigenvalue weighted by atomic mass is 9.77. The molecule has 2 N–H and O–H groups in total. The van der Waals surface area contributed by atoms with Crippen LogP contribution in [0.25, 0.3) is 11.5 Å². The maximum Gasteiger partial charge on any atom is 0.261 e. The molecular formula is C16H17ClN4O2S. The first-order valence-electron chi connectivity index (χ1n) is 7.47. The zero-order valence-electron chi connectivity index (χ0n) is 12.8. The summed E-state index contributed by atoms with van der Waals surface area (Å²) in [5.41, 5.74) is 9.27. The van der Waals surface area contributed by atoms with Gasteiger partial charge in [0.15, 0.2) is 5.82 Å². The van der Waals surface area contributed by atoms with E-state index in [2.05, 4.69) is 15.1 Å². The van der Waals surface area contributed by atoms with E-state index in [4.69, 9.17) is 15.0 Å². The topological polar surface area (TPSA) is 87.1 Å². The molecule has 1 aliphatic carbocycles. The van der Waals surface area contributed by atoms with E-state index in [0.29, 0.717) is 24.1 Å². The zero-order valence-corrected chi connectivity index (χ0v) is 14.5. The molecular weight excluding hydrogens is 348 g/mol. The average Bonchev–Trinajstić information content (AvgIpc) is 3.22. The van der Waals surface area contributed by atoms with Gasteiger partial charge < -0.3 is 15.0 Å². The number of nitrogens with two attached hydrogens (primary N) is 1. The summed E-state index contributed by atoms with van der Waals surface area (Å²) in [5.74, 6) is 1.70. The van der Waals surface area contributed by atoms with Crippen molar-refractivity contribution < 1.29 is 9.26 Å². The van der Waals surface area contributed by atoms with Crippen LogP contribution in [-0.4, -0.2) is 15.1 Å². The number of ether oxygens (including phenoxy) is 1. The summed E-state index contributed by atoms with van der Waals surface area (Å²) in [4.78, 5) is 8.70. The van der Waals surface area contributed by atoms with Gasteiger partial charge in [-0.05, 0) is 31.4 Å². The van der Waals surface area contributed by atoms with Crippen molar-refractivity contribution in [1.82, 2.24) is 15.1 Å². The number of halogens is 1. The van der Waals surface area contributed by atoms with Crippen LogP contribution in [-0.2, 0) is 12.1 Å². The molecule has 1 aliphatic rings. The van der Waals surface area contributed by atoms with E-state index in [0.717, 1.165) is 30.5 Å². The zero-order chi connectivity index (χ0) is 15.7. The molecule has 3 aromatic rings. The van der Waals surface area contributed by atoms with Crippen molar-refractivity contribution in [3.63, 3.8) is 0 Å². The number of nitrogens with zero attached hydrogens (tertiary/aromatic N) is 3. The highest BCUT2D eigenvalue weighted by atomic mass is 35.5. The van der Waals surface area contributed by atoms with Gasteiger partial charge >= 0.3 is 0 Å². The van der Waals surface area contributed by atoms with Gasteiger partial charge in [-0.3, -0.25) is 0 Å². The normalized spacial score (nSPS) is 15.4. The summed E-state index contributed by atoms with van der Waals surface area (Å²) in [5, 5.41) is 6.02. The maximum atomic E-state index is 6.25. The van der Waals surface area contributed by atoms with Crippen LogP contribution in [0.3, 0.4) is 0 Å². The van der Waals surface area contributed by atoms with Crippen molar-refractivity contribution in [3.05, 3.63) is 46.7 Å². The Hall–Kier alpha value is -1.96. The van der Waals surface area contributed by atoms with Crippen molar-refractivity contribution in [1.29, 1.82) is 0 Å². The molecule has 1 aromatic carbocycles. The summed E-state index contributed by atoms with van der Waals surface area (Å²) in [6.45, 7) is 0.405. The van der Waals surface area contributed by atoms with Crippen LogP contribution < -0.4 is 10.5 Å². The molecule has 1 fully saturated rings. The van der Waals surface area contributed by atoms with Gasteiger partial charge in [0.1, 0.15) is 12.4 Å². The van der Waals surface area contributed by atoms with Gasteiger partial charge in [-0.2, -0.15) is 4.98 Å². The number of para-hydroxylation sites is 1. The van der Waals surface area contributed by atoms with Gasteiger partial charge in [0, 0.05) is 5.38 Å². The van der Waals surface area contributed by atoms with Crippen LogP contribution in [0.2, 0.25) is 0 Å². The van der Waals surface area contributed by atoms with Gasteiger partial charge in [-0.25, -0.2) is 4.98 Å². The monoisotopic (exact) mass is 364 g/mol. The second-order valence-electron chi connectivity index (χ2n) is 5.70. The molecule has 0 aliphatic heterocycles. The number of benzene rings is 1. The molecule has 4 rings (SSSR count). The van der Waals surface area contributed by atoms with E-state index < -0.39 is 5.54 Å². The summed E-state index contributed by atoms with van der Waals surface area (Å²) in [6.07, 6.45) is 2.90. The Bertz CT molecular complexity index is 802. The first kappa shape index (κ1) is 16.9. The van der Waals surface area contributed by atoms with Crippen LogP contribution in [0.5, 0.6) is 5.75 Å². The number of hydrogen-bond donors (Lipinski definition) is 1.